The van der Waals surface area contributed by atoms with E-state index in [1.807, 2.05) is 34.6 Å². The average Bonchev–Trinajstić information content (AvgIpc) is 2.79. The summed E-state index contributed by atoms with van der Waals surface area (Å²) in [5.41, 5.74) is -0.107. The molecular weight excluding hydrogens is 290 g/mol. The molecule has 7 heteroatoms. The highest BCUT2D eigenvalue weighted by atomic mass is 32.1. The highest BCUT2D eigenvalue weighted by Gasteiger charge is 2.21. The van der Waals surface area contributed by atoms with E-state index >= 15 is 0 Å². The second kappa shape index (κ2) is 7.40. The SMILES string of the molecule is CCN(CCNC(=O)c1csc(C)n1)C(=O)OC(C)(C)C. The Hall–Kier alpha value is -1.63. The van der Waals surface area contributed by atoms with Crippen LogP contribution in [0.5, 0.6) is 0 Å². The fourth-order valence-corrected chi connectivity index (χ4v) is 2.16. The highest BCUT2D eigenvalue weighted by molar-refractivity contribution is 7.09. The van der Waals surface area contributed by atoms with Crippen molar-refractivity contribution in [3.8, 4) is 0 Å². The van der Waals surface area contributed by atoms with Crippen molar-refractivity contribution in [2.24, 2.45) is 0 Å². The van der Waals surface area contributed by atoms with Crippen LogP contribution in [0.1, 0.15) is 43.2 Å². The number of likely N-dealkylation sites (N-methyl/N-ethyl adjacent to an activating group) is 1. The van der Waals surface area contributed by atoms with E-state index < -0.39 is 5.60 Å². The zero-order chi connectivity index (χ0) is 16.0. The van der Waals surface area contributed by atoms with Gasteiger partial charge in [-0.15, -0.1) is 11.3 Å². The Morgan fingerprint density at radius 3 is 2.57 bits per heavy atom. The van der Waals surface area contributed by atoms with Crippen molar-refractivity contribution in [2.75, 3.05) is 19.6 Å². The number of nitrogens with one attached hydrogen (secondary N) is 1. The van der Waals surface area contributed by atoms with Gasteiger partial charge < -0.3 is 15.0 Å². The Bertz CT molecular complexity index is 494. The molecule has 0 aliphatic heterocycles. The lowest BCUT2D eigenvalue weighted by Crippen LogP contribution is -2.41. The van der Waals surface area contributed by atoms with Crippen LogP contribution >= 0.6 is 11.3 Å². The van der Waals surface area contributed by atoms with Crippen LogP contribution in [-0.2, 0) is 4.74 Å². The number of hydrogen-bond donors (Lipinski definition) is 1. The van der Waals surface area contributed by atoms with Crippen LogP contribution in [0.2, 0.25) is 0 Å². The summed E-state index contributed by atoms with van der Waals surface area (Å²) in [6.45, 7) is 10.5. The predicted octanol–water partition coefficient (Wildman–Crippen LogP) is 2.44. The van der Waals surface area contributed by atoms with Gasteiger partial charge in [-0.05, 0) is 34.6 Å². The molecule has 21 heavy (non-hydrogen) atoms. The maximum Gasteiger partial charge on any atom is 0.410 e. The van der Waals surface area contributed by atoms with Gasteiger partial charge in [0.25, 0.3) is 5.91 Å². The van der Waals surface area contributed by atoms with E-state index in [-0.39, 0.29) is 12.0 Å². The normalized spacial score (nSPS) is 11.1. The fourth-order valence-electron chi connectivity index (χ4n) is 1.57. The molecule has 0 aliphatic rings. The maximum atomic E-state index is 11.9. The molecule has 1 heterocycles. The van der Waals surface area contributed by atoms with Crippen molar-refractivity contribution in [2.45, 2.75) is 40.2 Å². The maximum absolute atomic E-state index is 11.9. The van der Waals surface area contributed by atoms with Crippen LogP contribution in [-0.4, -0.2) is 47.1 Å². The van der Waals surface area contributed by atoms with Crippen molar-refractivity contribution in [1.29, 1.82) is 0 Å². The molecule has 0 atom stereocenters. The van der Waals surface area contributed by atoms with E-state index in [1.165, 1.54) is 11.3 Å². The molecule has 2 amide bonds. The molecule has 0 spiro atoms. The lowest BCUT2D eigenvalue weighted by atomic mass is 10.2. The van der Waals surface area contributed by atoms with Gasteiger partial charge in [-0.2, -0.15) is 0 Å². The van der Waals surface area contributed by atoms with E-state index in [4.69, 9.17) is 4.74 Å². The molecule has 1 N–H and O–H groups in total. The van der Waals surface area contributed by atoms with Gasteiger partial charge in [0.05, 0.1) is 5.01 Å². The van der Waals surface area contributed by atoms with Crippen LogP contribution in [0, 0.1) is 6.92 Å². The number of hydrogen-bond acceptors (Lipinski definition) is 5. The van der Waals surface area contributed by atoms with Crippen molar-refractivity contribution >= 4 is 23.3 Å². The summed E-state index contributed by atoms with van der Waals surface area (Å²) in [6, 6.07) is 0. The van der Waals surface area contributed by atoms with Gasteiger partial charge in [0.15, 0.2) is 0 Å². The molecule has 0 saturated heterocycles. The number of aryl methyl sites for hydroxylation is 1. The number of rotatable bonds is 5. The summed E-state index contributed by atoms with van der Waals surface area (Å²) in [4.78, 5) is 29.4. The highest BCUT2D eigenvalue weighted by Crippen LogP contribution is 2.10. The molecule has 0 aliphatic carbocycles. The molecule has 0 bridgehead atoms. The molecule has 0 saturated carbocycles. The van der Waals surface area contributed by atoms with Crippen molar-refractivity contribution in [3.63, 3.8) is 0 Å². The van der Waals surface area contributed by atoms with Gasteiger partial charge >= 0.3 is 6.09 Å². The smallest absolute Gasteiger partial charge is 0.410 e. The molecule has 0 unspecified atom stereocenters. The average molecular weight is 313 g/mol. The predicted molar refractivity (Wildman–Crippen MR) is 82.7 cm³/mol. The third kappa shape index (κ3) is 6.12. The van der Waals surface area contributed by atoms with Crippen LogP contribution in [0.3, 0.4) is 0 Å². The lowest BCUT2D eigenvalue weighted by Gasteiger charge is -2.26. The minimum absolute atomic E-state index is 0.223. The molecule has 1 aromatic rings. The zero-order valence-corrected chi connectivity index (χ0v) is 14.0. The van der Waals surface area contributed by atoms with Gasteiger partial charge in [-0.25, -0.2) is 9.78 Å². The number of thiazole rings is 1. The molecule has 0 fully saturated rings. The van der Waals surface area contributed by atoms with Gasteiger partial charge in [-0.1, -0.05) is 0 Å². The van der Waals surface area contributed by atoms with Gasteiger partial charge in [0, 0.05) is 25.0 Å². The minimum atomic E-state index is -0.522. The van der Waals surface area contributed by atoms with Gasteiger partial charge in [-0.3, -0.25) is 4.79 Å². The monoisotopic (exact) mass is 313 g/mol. The van der Waals surface area contributed by atoms with E-state index in [0.717, 1.165) is 5.01 Å². The van der Waals surface area contributed by atoms with Gasteiger partial charge in [0.1, 0.15) is 11.3 Å². The largest absolute Gasteiger partial charge is 0.444 e. The standard InChI is InChI=1S/C14H23N3O3S/c1-6-17(13(19)20-14(3,4)5)8-7-15-12(18)11-9-21-10(2)16-11/h9H,6-8H2,1-5H3,(H,15,18). The Morgan fingerprint density at radius 2 is 2.10 bits per heavy atom. The Labute approximate surface area is 129 Å². The van der Waals surface area contributed by atoms with Crippen molar-refractivity contribution in [3.05, 3.63) is 16.1 Å². The number of carbonyl (C=O) groups excluding carboxylic acids is 2. The van der Waals surface area contributed by atoms with Crippen LogP contribution in [0.25, 0.3) is 0 Å². The molecule has 1 rings (SSSR count). The van der Waals surface area contributed by atoms with E-state index in [2.05, 4.69) is 10.3 Å². The topological polar surface area (TPSA) is 71.5 Å². The Balaban J connectivity index is 2.42. The van der Waals surface area contributed by atoms with E-state index in [9.17, 15) is 9.59 Å². The first-order valence-electron chi connectivity index (χ1n) is 6.91. The first kappa shape index (κ1) is 17.4. The van der Waals surface area contributed by atoms with Gasteiger partial charge in [0.2, 0.25) is 0 Å². The third-order valence-corrected chi connectivity index (χ3v) is 3.33. The number of carbonyl (C=O) groups is 2. The quantitative estimate of drug-likeness (QED) is 0.906. The molecule has 6 nitrogen and oxygen atoms in total. The Kier molecular flexibility index (Phi) is 6.14. The minimum Gasteiger partial charge on any atom is -0.444 e. The summed E-state index contributed by atoms with van der Waals surface area (Å²) in [5, 5.41) is 5.32. The molecule has 1 aromatic heterocycles. The fraction of sp³-hybridized carbons (Fsp3) is 0.643. The van der Waals surface area contributed by atoms with Crippen molar-refractivity contribution < 1.29 is 14.3 Å². The van der Waals surface area contributed by atoms with Crippen molar-refractivity contribution in [1.82, 2.24) is 15.2 Å². The number of ether oxygens (including phenoxy) is 1. The second-order valence-electron chi connectivity index (χ2n) is 5.57. The second-order valence-corrected chi connectivity index (χ2v) is 6.63. The summed E-state index contributed by atoms with van der Waals surface area (Å²) in [5.74, 6) is -0.223. The van der Waals surface area contributed by atoms with Crippen LogP contribution < -0.4 is 5.32 Å². The summed E-state index contributed by atoms with van der Waals surface area (Å²) in [7, 11) is 0. The molecular formula is C14H23N3O3S. The summed E-state index contributed by atoms with van der Waals surface area (Å²) in [6.07, 6.45) is -0.372. The first-order valence-corrected chi connectivity index (χ1v) is 7.79. The Morgan fingerprint density at radius 1 is 1.43 bits per heavy atom. The van der Waals surface area contributed by atoms with E-state index in [0.29, 0.717) is 25.3 Å². The summed E-state index contributed by atoms with van der Waals surface area (Å²) < 4.78 is 5.30. The van der Waals surface area contributed by atoms with E-state index in [1.54, 1.807) is 10.3 Å². The number of amides is 2. The molecule has 0 aromatic carbocycles. The number of nitrogens with zero attached hydrogens (tertiary/aromatic N) is 2. The lowest BCUT2D eigenvalue weighted by molar-refractivity contribution is 0.0261. The van der Waals surface area contributed by atoms with Crippen LogP contribution in [0.4, 0.5) is 4.79 Å². The molecule has 0 radical (unpaired) electrons. The van der Waals surface area contributed by atoms with Crippen LogP contribution in [0.15, 0.2) is 5.38 Å². The third-order valence-electron chi connectivity index (χ3n) is 2.55. The first-order chi connectivity index (χ1) is 9.73. The molecule has 118 valence electrons. The zero-order valence-electron chi connectivity index (χ0n) is 13.2. The summed E-state index contributed by atoms with van der Waals surface area (Å²) >= 11 is 1.43. The number of aromatic nitrogens is 1.